The Labute approximate surface area is 119 Å². The van der Waals surface area contributed by atoms with Crippen molar-refractivity contribution in [2.24, 2.45) is 5.92 Å². The van der Waals surface area contributed by atoms with Gasteiger partial charge in [-0.3, -0.25) is 9.59 Å². The number of aliphatic hydroxyl groups excluding tert-OH is 1. The summed E-state index contributed by atoms with van der Waals surface area (Å²) in [5, 5.41) is 10.3. The quantitative estimate of drug-likeness (QED) is 0.459. The Morgan fingerprint density at radius 2 is 1.89 bits per heavy atom. The van der Waals surface area contributed by atoms with Gasteiger partial charge in [-0.2, -0.15) is 11.8 Å². The molecule has 0 amide bonds. The van der Waals surface area contributed by atoms with E-state index in [0.29, 0.717) is 24.5 Å². The first-order chi connectivity index (χ1) is 8.99. The molecule has 0 saturated heterocycles. The number of thioether (sulfide) groups is 1. The highest BCUT2D eigenvalue weighted by Gasteiger charge is 2.33. The number of hydrogen-bond acceptors (Lipinski definition) is 4. The predicted molar refractivity (Wildman–Crippen MR) is 79.5 cm³/mol. The Morgan fingerprint density at radius 3 is 2.37 bits per heavy atom. The summed E-state index contributed by atoms with van der Waals surface area (Å²) in [7, 11) is 0. The van der Waals surface area contributed by atoms with E-state index in [-0.39, 0.29) is 28.8 Å². The number of ketones is 2. The Hall–Kier alpha value is -0.770. The van der Waals surface area contributed by atoms with Gasteiger partial charge in [0, 0.05) is 24.5 Å². The highest BCUT2D eigenvalue weighted by molar-refractivity contribution is 7.99. The van der Waals surface area contributed by atoms with E-state index in [9.17, 15) is 14.7 Å². The van der Waals surface area contributed by atoms with Crippen LogP contribution >= 0.6 is 11.8 Å². The molecule has 0 aromatic carbocycles. The van der Waals surface area contributed by atoms with E-state index in [1.165, 1.54) is 0 Å². The molecule has 0 bridgehead atoms. The summed E-state index contributed by atoms with van der Waals surface area (Å²) in [5.74, 6) is 0.860. The fourth-order valence-electron chi connectivity index (χ4n) is 2.63. The smallest absolute Gasteiger partial charge is 0.170 e. The second kappa shape index (κ2) is 7.73. The van der Waals surface area contributed by atoms with Crippen LogP contribution in [0.1, 0.15) is 52.9 Å². The molecular formula is C15H24O3S. The highest BCUT2D eigenvalue weighted by Crippen LogP contribution is 2.31. The Morgan fingerprint density at radius 1 is 1.32 bits per heavy atom. The summed E-state index contributed by atoms with van der Waals surface area (Å²) in [6.07, 6.45) is 2.87. The molecule has 1 rings (SSSR count). The molecule has 1 atom stereocenters. The van der Waals surface area contributed by atoms with Crippen molar-refractivity contribution in [3.63, 3.8) is 0 Å². The van der Waals surface area contributed by atoms with Crippen molar-refractivity contribution in [3.05, 3.63) is 11.3 Å². The largest absolute Gasteiger partial charge is 0.511 e. The first-order valence-electron chi connectivity index (χ1n) is 7.09. The number of allylic oxidation sites excluding steroid dienone is 2. The average Bonchev–Trinajstić information content (AvgIpc) is 2.28. The maximum atomic E-state index is 12.0. The zero-order chi connectivity index (χ0) is 14.4. The van der Waals surface area contributed by atoms with Gasteiger partial charge in [0.2, 0.25) is 0 Å². The summed E-state index contributed by atoms with van der Waals surface area (Å²) in [4.78, 5) is 24.1. The SMILES string of the molecule is CCCC(O)=C1C(=O)CC(C[C@H](C)SCC)CC1=O. The van der Waals surface area contributed by atoms with Gasteiger partial charge < -0.3 is 5.11 Å². The molecule has 0 aromatic heterocycles. The van der Waals surface area contributed by atoms with Gasteiger partial charge in [0.25, 0.3) is 0 Å². The van der Waals surface area contributed by atoms with Gasteiger partial charge in [-0.1, -0.05) is 20.8 Å². The normalized spacial score (nSPS) is 21.6. The van der Waals surface area contributed by atoms with Crippen LogP contribution in [0.4, 0.5) is 0 Å². The van der Waals surface area contributed by atoms with Crippen LogP contribution in [0.5, 0.6) is 0 Å². The minimum absolute atomic E-state index is 0.00747. The van der Waals surface area contributed by atoms with E-state index in [1.54, 1.807) is 0 Å². The fraction of sp³-hybridized carbons (Fsp3) is 0.733. The van der Waals surface area contributed by atoms with Crippen LogP contribution in [0, 0.1) is 5.92 Å². The first kappa shape index (κ1) is 16.3. The molecule has 1 fully saturated rings. The lowest BCUT2D eigenvalue weighted by Gasteiger charge is -2.24. The van der Waals surface area contributed by atoms with Crippen LogP contribution in [-0.2, 0) is 9.59 Å². The summed E-state index contributed by atoms with van der Waals surface area (Å²) in [5.41, 5.74) is 0.0777. The minimum atomic E-state index is -0.166. The monoisotopic (exact) mass is 284 g/mol. The van der Waals surface area contributed by atoms with Crippen molar-refractivity contribution in [1.82, 2.24) is 0 Å². The maximum Gasteiger partial charge on any atom is 0.170 e. The Balaban J connectivity index is 2.69. The van der Waals surface area contributed by atoms with E-state index < -0.39 is 0 Å². The molecular weight excluding hydrogens is 260 g/mol. The fourth-order valence-corrected chi connectivity index (χ4v) is 3.61. The molecule has 1 saturated carbocycles. The average molecular weight is 284 g/mol. The maximum absolute atomic E-state index is 12.0. The lowest BCUT2D eigenvalue weighted by atomic mass is 9.80. The molecule has 0 unspecified atom stereocenters. The molecule has 3 nitrogen and oxygen atoms in total. The highest BCUT2D eigenvalue weighted by atomic mass is 32.2. The number of carbonyl (C=O) groups excluding carboxylic acids is 2. The van der Waals surface area contributed by atoms with Crippen LogP contribution in [-0.4, -0.2) is 27.7 Å². The van der Waals surface area contributed by atoms with Gasteiger partial charge in [0.15, 0.2) is 11.6 Å². The molecule has 1 N–H and O–H groups in total. The van der Waals surface area contributed by atoms with E-state index in [1.807, 2.05) is 18.7 Å². The van der Waals surface area contributed by atoms with Gasteiger partial charge in [0.1, 0.15) is 5.76 Å². The Bertz CT molecular complexity index is 354. The number of rotatable bonds is 6. The number of carbonyl (C=O) groups is 2. The van der Waals surface area contributed by atoms with Crippen molar-refractivity contribution in [2.75, 3.05) is 5.75 Å². The van der Waals surface area contributed by atoms with Crippen LogP contribution in [0.25, 0.3) is 0 Å². The van der Waals surface area contributed by atoms with Crippen molar-refractivity contribution in [3.8, 4) is 0 Å². The summed E-state index contributed by atoms with van der Waals surface area (Å²) in [6.45, 7) is 6.17. The third kappa shape index (κ3) is 4.68. The summed E-state index contributed by atoms with van der Waals surface area (Å²) >= 11 is 1.86. The van der Waals surface area contributed by atoms with E-state index in [4.69, 9.17) is 0 Å². The molecule has 0 aromatic rings. The third-order valence-electron chi connectivity index (χ3n) is 3.40. The van der Waals surface area contributed by atoms with E-state index >= 15 is 0 Å². The number of hydrogen-bond donors (Lipinski definition) is 1. The van der Waals surface area contributed by atoms with Crippen LogP contribution in [0.2, 0.25) is 0 Å². The molecule has 0 spiro atoms. The second-order valence-corrected chi connectivity index (χ2v) is 6.91. The molecule has 0 heterocycles. The number of Topliss-reactive ketones (excluding diaryl/α,β-unsaturated/α-hetero) is 2. The lowest BCUT2D eigenvalue weighted by Crippen LogP contribution is -2.28. The van der Waals surface area contributed by atoms with Gasteiger partial charge >= 0.3 is 0 Å². The Kier molecular flexibility index (Phi) is 6.63. The topological polar surface area (TPSA) is 54.4 Å². The van der Waals surface area contributed by atoms with E-state index in [2.05, 4.69) is 13.8 Å². The second-order valence-electron chi connectivity index (χ2n) is 5.19. The van der Waals surface area contributed by atoms with Crippen molar-refractivity contribution in [1.29, 1.82) is 0 Å². The van der Waals surface area contributed by atoms with Crippen LogP contribution in [0.3, 0.4) is 0 Å². The zero-order valence-corrected chi connectivity index (χ0v) is 12.9. The molecule has 19 heavy (non-hydrogen) atoms. The number of aliphatic hydroxyl groups is 1. The van der Waals surface area contributed by atoms with Crippen LogP contribution < -0.4 is 0 Å². The molecule has 1 aliphatic rings. The van der Waals surface area contributed by atoms with Gasteiger partial charge in [-0.15, -0.1) is 0 Å². The first-order valence-corrected chi connectivity index (χ1v) is 8.14. The molecule has 4 heteroatoms. The third-order valence-corrected chi connectivity index (χ3v) is 4.49. The van der Waals surface area contributed by atoms with Gasteiger partial charge in [-0.05, 0) is 24.5 Å². The summed E-state index contributed by atoms with van der Waals surface area (Å²) < 4.78 is 0. The van der Waals surface area contributed by atoms with E-state index in [0.717, 1.165) is 18.6 Å². The predicted octanol–water partition coefficient (Wildman–Crippen LogP) is 3.68. The summed E-state index contributed by atoms with van der Waals surface area (Å²) in [6, 6.07) is 0. The lowest BCUT2D eigenvalue weighted by molar-refractivity contribution is -0.125. The molecule has 0 radical (unpaired) electrons. The zero-order valence-electron chi connectivity index (χ0n) is 12.1. The molecule has 0 aliphatic heterocycles. The standard InChI is InChI=1S/C15H24O3S/c1-4-6-12(16)15-13(17)8-11(9-14(15)18)7-10(3)19-5-2/h10-11,16H,4-9H2,1-3H3/t10-,11?/m0/s1. The minimum Gasteiger partial charge on any atom is -0.511 e. The van der Waals surface area contributed by atoms with Crippen molar-refractivity contribution in [2.45, 2.75) is 58.1 Å². The van der Waals surface area contributed by atoms with Gasteiger partial charge in [-0.25, -0.2) is 0 Å². The van der Waals surface area contributed by atoms with Gasteiger partial charge in [0.05, 0.1) is 5.57 Å². The van der Waals surface area contributed by atoms with Crippen molar-refractivity contribution >= 4 is 23.3 Å². The molecule has 1 aliphatic carbocycles. The van der Waals surface area contributed by atoms with Crippen LogP contribution in [0.15, 0.2) is 11.3 Å². The molecule has 108 valence electrons. The van der Waals surface area contributed by atoms with Crippen molar-refractivity contribution < 1.29 is 14.7 Å².